The summed E-state index contributed by atoms with van der Waals surface area (Å²) in [5.41, 5.74) is 1.26. The van der Waals surface area contributed by atoms with Gasteiger partial charge in [0, 0.05) is 18.8 Å². The van der Waals surface area contributed by atoms with E-state index in [2.05, 4.69) is 22.9 Å². The Balaban J connectivity index is 1.95. The number of aromatic nitrogens is 1. The van der Waals surface area contributed by atoms with Gasteiger partial charge in [0.25, 0.3) is 0 Å². The first-order chi connectivity index (χ1) is 7.29. The summed E-state index contributed by atoms with van der Waals surface area (Å²) in [5, 5.41) is 0.576. The van der Waals surface area contributed by atoms with Gasteiger partial charge in [0.15, 0.2) is 0 Å². The van der Waals surface area contributed by atoms with Crippen molar-refractivity contribution >= 4 is 11.6 Å². The molecular weight excluding hydrogens is 208 g/mol. The van der Waals surface area contributed by atoms with Crippen molar-refractivity contribution in [2.45, 2.75) is 38.8 Å². The first-order valence-corrected chi connectivity index (χ1v) is 6.02. The van der Waals surface area contributed by atoms with Gasteiger partial charge in [-0.15, -0.1) is 0 Å². The van der Waals surface area contributed by atoms with Crippen LogP contribution >= 0.6 is 11.6 Å². The molecule has 82 valence electrons. The normalized spacial score (nSPS) is 15.9. The van der Waals surface area contributed by atoms with Crippen LogP contribution in [0.25, 0.3) is 0 Å². The zero-order valence-corrected chi connectivity index (χ0v) is 9.87. The molecule has 1 saturated carbocycles. The van der Waals surface area contributed by atoms with Gasteiger partial charge in [-0.1, -0.05) is 24.6 Å². The maximum Gasteiger partial charge on any atom is 0.129 e. The molecule has 1 aliphatic carbocycles. The summed E-state index contributed by atoms with van der Waals surface area (Å²) < 4.78 is 0. The average Bonchev–Trinajstić information content (AvgIpc) is 3.04. The lowest BCUT2D eigenvalue weighted by molar-refractivity contribution is 0.255. The second-order valence-electron chi connectivity index (χ2n) is 4.19. The molecule has 2 rings (SSSR count). The molecule has 1 aromatic heterocycles. The third-order valence-electron chi connectivity index (χ3n) is 2.75. The van der Waals surface area contributed by atoms with Gasteiger partial charge in [0.2, 0.25) is 0 Å². The molecule has 1 aromatic rings. The highest BCUT2D eigenvalue weighted by molar-refractivity contribution is 6.29. The van der Waals surface area contributed by atoms with Gasteiger partial charge in [-0.05, 0) is 37.4 Å². The van der Waals surface area contributed by atoms with Crippen LogP contribution in [0.3, 0.4) is 0 Å². The second-order valence-corrected chi connectivity index (χ2v) is 4.58. The predicted octanol–water partition coefficient (Wildman–Crippen LogP) is 3.11. The largest absolute Gasteiger partial charge is 0.296 e. The van der Waals surface area contributed by atoms with Crippen LogP contribution in [0.5, 0.6) is 0 Å². The molecule has 0 aliphatic heterocycles. The van der Waals surface area contributed by atoms with Gasteiger partial charge in [-0.25, -0.2) is 4.98 Å². The Morgan fingerprint density at radius 1 is 1.47 bits per heavy atom. The summed E-state index contributed by atoms with van der Waals surface area (Å²) in [6.07, 6.45) is 5.83. The fraction of sp³-hybridized carbons (Fsp3) is 0.583. The molecule has 0 unspecified atom stereocenters. The van der Waals surface area contributed by atoms with Crippen LogP contribution in [0, 0.1) is 0 Å². The lowest BCUT2D eigenvalue weighted by Crippen LogP contribution is -2.26. The van der Waals surface area contributed by atoms with Gasteiger partial charge in [0.05, 0.1) is 0 Å². The van der Waals surface area contributed by atoms with Crippen LogP contribution in [0.4, 0.5) is 0 Å². The lowest BCUT2D eigenvalue weighted by Gasteiger charge is -2.20. The molecule has 2 nitrogen and oxygen atoms in total. The quantitative estimate of drug-likeness (QED) is 0.715. The Hall–Kier alpha value is -0.600. The minimum absolute atomic E-state index is 0.576. The highest BCUT2D eigenvalue weighted by Crippen LogP contribution is 2.28. The van der Waals surface area contributed by atoms with Crippen molar-refractivity contribution < 1.29 is 0 Å². The van der Waals surface area contributed by atoms with Crippen LogP contribution < -0.4 is 0 Å². The van der Waals surface area contributed by atoms with Gasteiger partial charge in [0.1, 0.15) is 5.15 Å². The number of rotatable bonds is 5. The molecule has 1 heterocycles. The fourth-order valence-corrected chi connectivity index (χ4v) is 1.96. The Bertz CT molecular complexity index is 306. The standard InChI is InChI=1S/C12H17ClN2/c1-2-7-15(11-4-5-11)9-10-3-6-12(13)14-8-10/h3,6,8,11H,2,4-5,7,9H2,1H3. The minimum atomic E-state index is 0.576. The summed E-state index contributed by atoms with van der Waals surface area (Å²) in [4.78, 5) is 6.66. The molecule has 0 aromatic carbocycles. The van der Waals surface area contributed by atoms with E-state index in [0.717, 1.165) is 12.6 Å². The van der Waals surface area contributed by atoms with Crippen molar-refractivity contribution in [3.63, 3.8) is 0 Å². The van der Waals surface area contributed by atoms with Gasteiger partial charge < -0.3 is 0 Å². The number of hydrogen-bond acceptors (Lipinski definition) is 2. The number of nitrogens with zero attached hydrogens (tertiary/aromatic N) is 2. The second kappa shape index (κ2) is 4.95. The van der Waals surface area contributed by atoms with E-state index in [9.17, 15) is 0 Å². The van der Waals surface area contributed by atoms with Gasteiger partial charge in [-0.2, -0.15) is 0 Å². The van der Waals surface area contributed by atoms with Crippen LogP contribution in [0.1, 0.15) is 31.7 Å². The zero-order chi connectivity index (χ0) is 10.7. The third kappa shape index (κ3) is 3.18. The topological polar surface area (TPSA) is 16.1 Å². The van der Waals surface area contributed by atoms with Crippen molar-refractivity contribution in [2.24, 2.45) is 0 Å². The van der Waals surface area contributed by atoms with Crippen molar-refractivity contribution in [2.75, 3.05) is 6.54 Å². The van der Waals surface area contributed by atoms with Crippen molar-refractivity contribution in [1.29, 1.82) is 0 Å². The summed E-state index contributed by atoms with van der Waals surface area (Å²) >= 11 is 5.76. The Kier molecular flexibility index (Phi) is 3.60. The van der Waals surface area contributed by atoms with Gasteiger partial charge in [-0.3, -0.25) is 4.90 Å². The first kappa shape index (κ1) is 10.9. The smallest absolute Gasteiger partial charge is 0.129 e. The molecule has 0 radical (unpaired) electrons. The van der Waals surface area contributed by atoms with Gasteiger partial charge >= 0.3 is 0 Å². The monoisotopic (exact) mass is 224 g/mol. The summed E-state index contributed by atoms with van der Waals surface area (Å²) in [7, 11) is 0. The van der Waals surface area contributed by atoms with E-state index >= 15 is 0 Å². The first-order valence-electron chi connectivity index (χ1n) is 5.64. The summed E-state index contributed by atoms with van der Waals surface area (Å²) in [5.74, 6) is 0. The minimum Gasteiger partial charge on any atom is -0.296 e. The molecule has 0 atom stereocenters. The fourth-order valence-electron chi connectivity index (χ4n) is 1.85. The number of pyridine rings is 1. The lowest BCUT2D eigenvalue weighted by atomic mass is 10.2. The molecule has 15 heavy (non-hydrogen) atoms. The van der Waals surface area contributed by atoms with E-state index < -0.39 is 0 Å². The average molecular weight is 225 g/mol. The van der Waals surface area contributed by atoms with Crippen LogP contribution in [-0.4, -0.2) is 22.5 Å². The Morgan fingerprint density at radius 2 is 2.27 bits per heavy atom. The molecule has 3 heteroatoms. The molecule has 0 N–H and O–H groups in total. The van der Waals surface area contributed by atoms with Crippen molar-refractivity contribution in [3.8, 4) is 0 Å². The predicted molar refractivity (Wildman–Crippen MR) is 63.0 cm³/mol. The molecule has 0 bridgehead atoms. The Morgan fingerprint density at radius 3 is 2.80 bits per heavy atom. The molecule has 0 amide bonds. The highest BCUT2D eigenvalue weighted by atomic mass is 35.5. The van der Waals surface area contributed by atoms with E-state index in [0.29, 0.717) is 5.15 Å². The molecule has 0 spiro atoms. The maximum atomic E-state index is 5.76. The van der Waals surface area contributed by atoms with E-state index in [-0.39, 0.29) is 0 Å². The van der Waals surface area contributed by atoms with Crippen molar-refractivity contribution in [1.82, 2.24) is 9.88 Å². The van der Waals surface area contributed by atoms with Crippen molar-refractivity contribution in [3.05, 3.63) is 29.0 Å². The third-order valence-corrected chi connectivity index (χ3v) is 2.97. The van der Waals surface area contributed by atoms with E-state index in [4.69, 9.17) is 11.6 Å². The van der Waals surface area contributed by atoms with E-state index in [1.165, 1.54) is 31.4 Å². The highest BCUT2D eigenvalue weighted by Gasteiger charge is 2.28. The molecule has 1 fully saturated rings. The SMILES string of the molecule is CCCN(Cc1ccc(Cl)nc1)C1CC1. The number of hydrogen-bond donors (Lipinski definition) is 0. The summed E-state index contributed by atoms with van der Waals surface area (Å²) in [6.45, 7) is 4.44. The van der Waals surface area contributed by atoms with E-state index in [1.54, 1.807) is 0 Å². The van der Waals surface area contributed by atoms with E-state index in [1.807, 2.05) is 12.3 Å². The number of halogens is 1. The van der Waals surface area contributed by atoms with Crippen LogP contribution in [0.15, 0.2) is 18.3 Å². The molecule has 0 saturated heterocycles. The van der Waals surface area contributed by atoms with Crippen LogP contribution in [-0.2, 0) is 6.54 Å². The zero-order valence-electron chi connectivity index (χ0n) is 9.12. The summed E-state index contributed by atoms with van der Waals surface area (Å²) in [6, 6.07) is 4.76. The Labute approximate surface area is 96.3 Å². The maximum absolute atomic E-state index is 5.76. The van der Waals surface area contributed by atoms with Crippen LogP contribution in [0.2, 0.25) is 5.15 Å². The molecular formula is C12H17ClN2. The molecule has 1 aliphatic rings.